The SMILES string of the molecule is FC(F)(F)Oc1cccc(-n2cc3ccccc3n2)c1. The third kappa shape index (κ3) is 2.59. The molecule has 1 heterocycles. The number of aromatic nitrogens is 2. The topological polar surface area (TPSA) is 27.1 Å². The van der Waals surface area contributed by atoms with Crippen molar-refractivity contribution in [2.75, 3.05) is 0 Å². The molecule has 0 unspecified atom stereocenters. The lowest BCUT2D eigenvalue weighted by atomic mass is 10.3. The molecule has 0 fully saturated rings. The van der Waals surface area contributed by atoms with Crippen LogP contribution in [0.15, 0.2) is 54.7 Å². The van der Waals surface area contributed by atoms with E-state index < -0.39 is 6.36 Å². The van der Waals surface area contributed by atoms with Crippen LogP contribution in [0.5, 0.6) is 5.75 Å². The molecule has 102 valence electrons. The summed E-state index contributed by atoms with van der Waals surface area (Å²) in [5.41, 5.74) is 1.28. The number of ether oxygens (including phenoxy) is 1. The Morgan fingerprint density at radius 3 is 2.55 bits per heavy atom. The highest BCUT2D eigenvalue weighted by Crippen LogP contribution is 2.25. The minimum atomic E-state index is -4.70. The summed E-state index contributed by atoms with van der Waals surface area (Å²) in [4.78, 5) is 0. The molecule has 0 spiro atoms. The smallest absolute Gasteiger partial charge is 0.406 e. The van der Waals surface area contributed by atoms with Gasteiger partial charge in [0, 0.05) is 17.6 Å². The van der Waals surface area contributed by atoms with Gasteiger partial charge in [-0.05, 0) is 18.2 Å². The maximum atomic E-state index is 12.2. The van der Waals surface area contributed by atoms with Crippen LogP contribution in [0.25, 0.3) is 16.6 Å². The van der Waals surface area contributed by atoms with Crippen molar-refractivity contribution in [3.05, 3.63) is 54.7 Å². The first-order valence-electron chi connectivity index (χ1n) is 5.82. The zero-order valence-electron chi connectivity index (χ0n) is 10.1. The first-order valence-corrected chi connectivity index (χ1v) is 5.82. The zero-order chi connectivity index (χ0) is 14.2. The van der Waals surface area contributed by atoms with Gasteiger partial charge in [-0.15, -0.1) is 13.2 Å². The summed E-state index contributed by atoms with van der Waals surface area (Å²) in [6, 6.07) is 13.1. The highest BCUT2D eigenvalue weighted by molar-refractivity contribution is 5.78. The first-order chi connectivity index (χ1) is 9.51. The third-order valence-electron chi connectivity index (χ3n) is 2.73. The molecule has 3 rings (SSSR count). The second kappa shape index (κ2) is 4.56. The fourth-order valence-corrected chi connectivity index (χ4v) is 1.92. The molecule has 0 bridgehead atoms. The number of rotatable bonds is 2. The molecule has 1 aromatic heterocycles. The number of fused-ring (bicyclic) bond motifs is 1. The van der Waals surface area contributed by atoms with Crippen LogP contribution in [0, 0.1) is 0 Å². The van der Waals surface area contributed by atoms with E-state index >= 15 is 0 Å². The maximum absolute atomic E-state index is 12.2. The van der Waals surface area contributed by atoms with Gasteiger partial charge in [0.25, 0.3) is 0 Å². The maximum Gasteiger partial charge on any atom is 0.573 e. The molecule has 0 amide bonds. The average molecular weight is 278 g/mol. The van der Waals surface area contributed by atoms with Crippen molar-refractivity contribution in [3.63, 3.8) is 0 Å². The molecule has 0 saturated heterocycles. The van der Waals surface area contributed by atoms with Crippen LogP contribution in [-0.2, 0) is 0 Å². The van der Waals surface area contributed by atoms with E-state index in [0.29, 0.717) is 5.69 Å². The van der Waals surface area contributed by atoms with E-state index in [1.807, 2.05) is 24.3 Å². The first kappa shape index (κ1) is 12.5. The summed E-state index contributed by atoms with van der Waals surface area (Å²) < 4.78 is 42.0. The Bertz CT molecular complexity index is 716. The number of halogens is 3. The molecule has 3 nitrogen and oxygen atoms in total. The van der Waals surface area contributed by atoms with Crippen LogP contribution < -0.4 is 4.74 Å². The van der Waals surface area contributed by atoms with Crippen LogP contribution in [0.2, 0.25) is 0 Å². The van der Waals surface area contributed by atoms with Crippen LogP contribution in [0.4, 0.5) is 13.2 Å². The monoisotopic (exact) mass is 278 g/mol. The van der Waals surface area contributed by atoms with E-state index in [0.717, 1.165) is 10.9 Å². The zero-order valence-corrected chi connectivity index (χ0v) is 10.1. The Morgan fingerprint density at radius 2 is 1.80 bits per heavy atom. The lowest BCUT2D eigenvalue weighted by Crippen LogP contribution is -2.17. The van der Waals surface area contributed by atoms with Gasteiger partial charge in [-0.2, -0.15) is 5.10 Å². The van der Waals surface area contributed by atoms with Crippen LogP contribution in [-0.4, -0.2) is 16.1 Å². The number of nitrogens with zero attached hydrogens (tertiary/aromatic N) is 2. The van der Waals surface area contributed by atoms with Crippen molar-refractivity contribution >= 4 is 10.9 Å². The molecule has 6 heteroatoms. The molecular weight excluding hydrogens is 269 g/mol. The van der Waals surface area contributed by atoms with Gasteiger partial charge in [-0.25, -0.2) is 4.68 Å². The molecule has 3 aromatic rings. The quantitative estimate of drug-likeness (QED) is 0.710. The van der Waals surface area contributed by atoms with Crippen molar-refractivity contribution in [3.8, 4) is 11.4 Å². The van der Waals surface area contributed by atoms with Gasteiger partial charge in [-0.1, -0.05) is 24.3 Å². The Kier molecular flexibility index (Phi) is 2.85. The Morgan fingerprint density at radius 1 is 1.00 bits per heavy atom. The molecule has 0 aliphatic carbocycles. The van der Waals surface area contributed by atoms with Crippen molar-refractivity contribution in [1.82, 2.24) is 9.78 Å². The minimum absolute atomic E-state index is 0.269. The predicted octanol–water partition coefficient (Wildman–Crippen LogP) is 3.92. The van der Waals surface area contributed by atoms with Crippen LogP contribution in [0.1, 0.15) is 0 Å². The molecule has 0 atom stereocenters. The Labute approximate surface area is 112 Å². The van der Waals surface area contributed by atoms with Gasteiger partial charge in [-0.3, -0.25) is 0 Å². The van der Waals surface area contributed by atoms with E-state index in [9.17, 15) is 13.2 Å². The molecule has 0 N–H and O–H groups in total. The summed E-state index contributed by atoms with van der Waals surface area (Å²) >= 11 is 0. The third-order valence-corrected chi connectivity index (χ3v) is 2.73. The Hall–Kier alpha value is -2.50. The predicted molar refractivity (Wildman–Crippen MR) is 67.8 cm³/mol. The van der Waals surface area contributed by atoms with E-state index in [4.69, 9.17) is 0 Å². The molecule has 0 saturated carbocycles. The lowest BCUT2D eigenvalue weighted by molar-refractivity contribution is -0.274. The lowest BCUT2D eigenvalue weighted by Gasteiger charge is -2.09. The minimum Gasteiger partial charge on any atom is -0.406 e. The van der Waals surface area contributed by atoms with Gasteiger partial charge >= 0.3 is 6.36 Å². The fourth-order valence-electron chi connectivity index (χ4n) is 1.92. The standard InChI is InChI=1S/C14H9F3N2O/c15-14(16,17)20-12-6-3-5-11(8-12)19-9-10-4-1-2-7-13(10)18-19/h1-9H. The summed E-state index contributed by atoms with van der Waals surface area (Å²) in [5, 5.41) is 5.21. The van der Waals surface area contributed by atoms with Gasteiger partial charge in [0.05, 0.1) is 11.2 Å². The molecular formula is C14H9F3N2O. The number of hydrogen-bond acceptors (Lipinski definition) is 2. The average Bonchev–Trinajstić information content (AvgIpc) is 2.80. The van der Waals surface area contributed by atoms with Crippen molar-refractivity contribution in [2.24, 2.45) is 0 Å². The largest absolute Gasteiger partial charge is 0.573 e. The van der Waals surface area contributed by atoms with E-state index in [1.165, 1.54) is 22.9 Å². The molecule has 0 radical (unpaired) electrons. The van der Waals surface area contributed by atoms with Gasteiger partial charge < -0.3 is 4.74 Å². The van der Waals surface area contributed by atoms with E-state index in [1.54, 1.807) is 12.3 Å². The normalized spacial score (nSPS) is 11.8. The number of hydrogen-bond donors (Lipinski definition) is 0. The van der Waals surface area contributed by atoms with Gasteiger partial charge in [0.2, 0.25) is 0 Å². The fraction of sp³-hybridized carbons (Fsp3) is 0.0714. The summed E-state index contributed by atoms with van der Waals surface area (Å²) in [6.07, 6.45) is -2.95. The second-order valence-corrected chi connectivity index (χ2v) is 4.18. The van der Waals surface area contributed by atoms with Crippen molar-refractivity contribution in [2.45, 2.75) is 6.36 Å². The van der Waals surface area contributed by atoms with Crippen LogP contribution >= 0.6 is 0 Å². The van der Waals surface area contributed by atoms with E-state index in [2.05, 4.69) is 9.84 Å². The second-order valence-electron chi connectivity index (χ2n) is 4.18. The molecule has 2 aromatic carbocycles. The summed E-state index contributed by atoms with van der Waals surface area (Å²) in [6.45, 7) is 0. The summed E-state index contributed by atoms with van der Waals surface area (Å²) in [5.74, 6) is -0.269. The Balaban J connectivity index is 1.99. The van der Waals surface area contributed by atoms with Crippen LogP contribution in [0.3, 0.4) is 0 Å². The molecule has 20 heavy (non-hydrogen) atoms. The van der Waals surface area contributed by atoms with Gasteiger partial charge in [0.15, 0.2) is 0 Å². The molecule has 0 aliphatic rings. The number of benzene rings is 2. The van der Waals surface area contributed by atoms with E-state index in [-0.39, 0.29) is 5.75 Å². The van der Waals surface area contributed by atoms with Crippen molar-refractivity contribution < 1.29 is 17.9 Å². The highest BCUT2D eigenvalue weighted by Gasteiger charge is 2.31. The molecule has 0 aliphatic heterocycles. The number of alkyl halides is 3. The van der Waals surface area contributed by atoms with Gasteiger partial charge in [0.1, 0.15) is 5.75 Å². The summed E-state index contributed by atoms with van der Waals surface area (Å²) in [7, 11) is 0. The highest BCUT2D eigenvalue weighted by atomic mass is 19.4. The van der Waals surface area contributed by atoms with Crippen molar-refractivity contribution in [1.29, 1.82) is 0 Å².